The van der Waals surface area contributed by atoms with Gasteiger partial charge in [-0.05, 0) is 66.7 Å². The van der Waals surface area contributed by atoms with E-state index in [-0.39, 0.29) is 24.9 Å². The molecule has 0 saturated heterocycles. The molecule has 0 aliphatic heterocycles. The largest absolute Gasteiger partial charge is 0.467 e. The van der Waals surface area contributed by atoms with Gasteiger partial charge in [-0.25, -0.2) is 4.98 Å². The fourth-order valence-electron chi connectivity index (χ4n) is 3.24. The molecule has 2 amide bonds. The van der Waals surface area contributed by atoms with Gasteiger partial charge in [0.05, 0.1) is 31.5 Å². The Labute approximate surface area is 194 Å². The minimum absolute atomic E-state index is 0.00172. The van der Waals surface area contributed by atoms with Gasteiger partial charge < -0.3 is 19.6 Å². The molecule has 166 valence electrons. The van der Waals surface area contributed by atoms with E-state index in [1.54, 1.807) is 42.6 Å². The van der Waals surface area contributed by atoms with E-state index in [9.17, 15) is 14.9 Å². The van der Waals surface area contributed by atoms with Gasteiger partial charge in [-0.3, -0.25) is 14.5 Å². The quantitative estimate of drug-likeness (QED) is 0.492. The number of likely N-dealkylation sites (N-methyl/N-ethyl adjacent to an activating group) is 1. The lowest BCUT2D eigenvalue weighted by atomic mass is 10.2. The molecule has 3 rings (SSSR count). The standard InChI is InChI=1S/C22H23BrN6O3/c1-14-15(2)29(11-17-5-4-8-32-17)22(18(14)9-24)27-21(31)13-28(3)12-20(30)26-19-7-6-16(23)10-25-19/h4-8,10H,11-13H2,1-3H3,(H,27,31)(H,25,26,30). The number of nitrogens with one attached hydrogen (secondary N) is 2. The Bertz CT molecular complexity index is 1150. The number of nitrogens with zero attached hydrogens (tertiary/aromatic N) is 4. The summed E-state index contributed by atoms with van der Waals surface area (Å²) in [7, 11) is 1.66. The lowest BCUT2D eigenvalue weighted by Gasteiger charge is -2.17. The zero-order chi connectivity index (χ0) is 23.3. The van der Waals surface area contributed by atoms with Crippen LogP contribution in [0.15, 0.2) is 45.6 Å². The van der Waals surface area contributed by atoms with Gasteiger partial charge in [-0.1, -0.05) is 0 Å². The number of carbonyl (C=O) groups excluding carboxylic acids is 2. The summed E-state index contributed by atoms with van der Waals surface area (Å²) >= 11 is 3.29. The smallest absolute Gasteiger partial charge is 0.239 e. The summed E-state index contributed by atoms with van der Waals surface area (Å²) < 4.78 is 8.07. The van der Waals surface area contributed by atoms with Crippen LogP contribution in [0.1, 0.15) is 22.6 Å². The maximum absolute atomic E-state index is 12.7. The first-order valence-corrected chi connectivity index (χ1v) is 10.6. The molecule has 10 heteroatoms. The van der Waals surface area contributed by atoms with Crippen molar-refractivity contribution >= 4 is 39.4 Å². The molecule has 0 saturated carbocycles. The normalized spacial score (nSPS) is 10.8. The van der Waals surface area contributed by atoms with Crippen molar-refractivity contribution in [3.05, 3.63) is 63.8 Å². The third-order valence-corrected chi connectivity index (χ3v) is 5.38. The van der Waals surface area contributed by atoms with Crippen LogP contribution in [0, 0.1) is 25.2 Å². The maximum atomic E-state index is 12.7. The van der Waals surface area contributed by atoms with E-state index in [0.717, 1.165) is 15.7 Å². The zero-order valence-electron chi connectivity index (χ0n) is 18.0. The molecule has 0 aromatic carbocycles. The van der Waals surface area contributed by atoms with Crippen LogP contribution in [-0.4, -0.2) is 46.4 Å². The van der Waals surface area contributed by atoms with Crippen molar-refractivity contribution in [3.63, 3.8) is 0 Å². The molecule has 0 fully saturated rings. The number of hydrogen-bond acceptors (Lipinski definition) is 6. The van der Waals surface area contributed by atoms with Crippen molar-refractivity contribution in [1.29, 1.82) is 5.26 Å². The number of pyridine rings is 1. The molecular formula is C22H23BrN6O3. The van der Waals surface area contributed by atoms with Crippen molar-refractivity contribution in [2.75, 3.05) is 30.8 Å². The summed E-state index contributed by atoms with van der Waals surface area (Å²) in [5.74, 6) is 0.924. The minimum atomic E-state index is -0.336. The highest BCUT2D eigenvalue weighted by molar-refractivity contribution is 9.10. The molecule has 2 N–H and O–H groups in total. The number of amides is 2. The first kappa shape index (κ1) is 23.2. The highest BCUT2D eigenvalue weighted by Crippen LogP contribution is 2.27. The minimum Gasteiger partial charge on any atom is -0.467 e. The highest BCUT2D eigenvalue weighted by Gasteiger charge is 2.21. The van der Waals surface area contributed by atoms with E-state index in [0.29, 0.717) is 29.5 Å². The number of nitriles is 1. The van der Waals surface area contributed by atoms with Crippen LogP contribution in [0.4, 0.5) is 11.6 Å². The Morgan fingerprint density at radius 2 is 1.94 bits per heavy atom. The maximum Gasteiger partial charge on any atom is 0.239 e. The molecule has 3 aromatic rings. The molecule has 0 bridgehead atoms. The van der Waals surface area contributed by atoms with Gasteiger partial charge in [0.25, 0.3) is 0 Å². The van der Waals surface area contributed by atoms with Crippen LogP contribution >= 0.6 is 15.9 Å². The monoisotopic (exact) mass is 498 g/mol. The summed E-state index contributed by atoms with van der Waals surface area (Å²) in [6.07, 6.45) is 3.16. The third kappa shape index (κ3) is 5.63. The first-order valence-electron chi connectivity index (χ1n) is 9.80. The van der Waals surface area contributed by atoms with Gasteiger partial charge >= 0.3 is 0 Å². The number of hydrogen-bond donors (Lipinski definition) is 2. The predicted molar refractivity (Wildman–Crippen MR) is 123 cm³/mol. The Morgan fingerprint density at radius 1 is 1.22 bits per heavy atom. The van der Waals surface area contributed by atoms with Crippen LogP contribution in [0.3, 0.4) is 0 Å². The van der Waals surface area contributed by atoms with Crippen LogP contribution in [0.25, 0.3) is 0 Å². The number of carbonyl (C=O) groups is 2. The van der Waals surface area contributed by atoms with Gasteiger partial charge in [0, 0.05) is 16.4 Å². The Morgan fingerprint density at radius 3 is 2.53 bits per heavy atom. The molecule has 3 aromatic heterocycles. The van der Waals surface area contributed by atoms with E-state index in [4.69, 9.17) is 4.42 Å². The number of furan rings is 1. The molecule has 0 radical (unpaired) electrons. The Balaban J connectivity index is 1.64. The molecule has 0 spiro atoms. The molecule has 3 heterocycles. The van der Waals surface area contributed by atoms with Gasteiger partial charge in [0.15, 0.2) is 0 Å². The second kappa shape index (κ2) is 10.3. The molecule has 32 heavy (non-hydrogen) atoms. The van der Waals surface area contributed by atoms with Crippen molar-refractivity contribution in [2.45, 2.75) is 20.4 Å². The third-order valence-electron chi connectivity index (χ3n) is 4.91. The summed E-state index contributed by atoms with van der Waals surface area (Å²) in [5, 5.41) is 15.1. The summed E-state index contributed by atoms with van der Waals surface area (Å²) in [5.41, 5.74) is 2.07. The van der Waals surface area contributed by atoms with Crippen LogP contribution in [0.2, 0.25) is 0 Å². The summed E-state index contributed by atoms with van der Waals surface area (Å²) in [6.45, 7) is 4.09. The molecule has 0 atom stereocenters. The van der Waals surface area contributed by atoms with Crippen molar-refractivity contribution in [2.24, 2.45) is 0 Å². The second-order valence-corrected chi connectivity index (χ2v) is 8.26. The Hall–Kier alpha value is -3.42. The van der Waals surface area contributed by atoms with Gasteiger partial charge in [0.1, 0.15) is 23.5 Å². The van der Waals surface area contributed by atoms with Crippen molar-refractivity contribution < 1.29 is 14.0 Å². The summed E-state index contributed by atoms with van der Waals surface area (Å²) in [4.78, 5) is 30.6. The fraction of sp³-hybridized carbons (Fsp3) is 0.273. The van der Waals surface area contributed by atoms with E-state index in [1.807, 2.05) is 24.5 Å². The number of halogens is 1. The van der Waals surface area contributed by atoms with Gasteiger partial charge in [0.2, 0.25) is 11.8 Å². The molecule has 9 nitrogen and oxygen atoms in total. The second-order valence-electron chi connectivity index (χ2n) is 7.34. The molecule has 0 unspecified atom stereocenters. The number of rotatable bonds is 8. The van der Waals surface area contributed by atoms with E-state index >= 15 is 0 Å². The topological polar surface area (TPSA) is 116 Å². The van der Waals surface area contributed by atoms with Crippen LogP contribution in [0.5, 0.6) is 0 Å². The fourth-order valence-corrected chi connectivity index (χ4v) is 3.47. The molecular weight excluding hydrogens is 476 g/mol. The number of aromatic nitrogens is 2. The first-order chi connectivity index (χ1) is 15.3. The Kier molecular flexibility index (Phi) is 7.45. The lowest BCUT2D eigenvalue weighted by molar-refractivity contribution is -0.119. The van der Waals surface area contributed by atoms with Crippen LogP contribution in [-0.2, 0) is 16.1 Å². The van der Waals surface area contributed by atoms with E-state index in [2.05, 4.69) is 37.6 Å². The number of anilines is 2. The average Bonchev–Trinajstić information content (AvgIpc) is 3.32. The summed E-state index contributed by atoms with van der Waals surface area (Å²) in [6, 6.07) is 9.24. The van der Waals surface area contributed by atoms with Gasteiger partial charge in [-0.15, -0.1) is 0 Å². The SMILES string of the molecule is Cc1c(C#N)c(NC(=O)CN(C)CC(=O)Nc2ccc(Br)cn2)n(Cc2ccco2)c1C. The zero-order valence-corrected chi connectivity index (χ0v) is 19.6. The average molecular weight is 499 g/mol. The van der Waals surface area contributed by atoms with Crippen molar-refractivity contribution in [3.8, 4) is 6.07 Å². The molecule has 0 aliphatic rings. The van der Waals surface area contributed by atoms with Crippen molar-refractivity contribution in [1.82, 2.24) is 14.5 Å². The van der Waals surface area contributed by atoms with E-state index < -0.39 is 0 Å². The molecule has 0 aliphatic carbocycles. The van der Waals surface area contributed by atoms with Crippen LogP contribution < -0.4 is 10.6 Å². The highest BCUT2D eigenvalue weighted by atomic mass is 79.9. The van der Waals surface area contributed by atoms with Gasteiger partial charge in [-0.2, -0.15) is 5.26 Å². The predicted octanol–water partition coefficient (Wildman–Crippen LogP) is 3.28. The van der Waals surface area contributed by atoms with E-state index in [1.165, 1.54) is 0 Å². The lowest BCUT2D eigenvalue weighted by Crippen LogP contribution is -2.36.